The quantitative estimate of drug-likeness (QED) is 0.808. The number of hydrogen-bond donors (Lipinski definition) is 0. The van der Waals surface area contributed by atoms with E-state index in [0.29, 0.717) is 11.4 Å². The van der Waals surface area contributed by atoms with Crippen molar-refractivity contribution in [2.24, 2.45) is 0 Å². The fraction of sp³-hybridized carbons (Fsp3) is 0.286. The molecule has 2 aromatic rings. The van der Waals surface area contributed by atoms with Crippen LogP contribution in [-0.2, 0) is 4.79 Å². The highest BCUT2D eigenvalue weighted by molar-refractivity contribution is 6.01. The number of carbonyl (C=O) groups excluding carboxylic acids is 1. The van der Waals surface area contributed by atoms with Gasteiger partial charge in [-0.2, -0.15) is 0 Å². The number of para-hydroxylation sites is 1. The molecule has 0 saturated carbocycles. The molecule has 0 bridgehead atoms. The van der Waals surface area contributed by atoms with Crippen LogP contribution in [0.3, 0.4) is 0 Å². The van der Waals surface area contributed by atoms with Crippen molar-refractivity contribution >= 4 is 17.2 Å². The van der Waals surface area contributed by atoms with Crippen LogP contribution in [0.5, 0.6) is 0 Å². The molecule has 1 aromatic carbocycles. The molecule has 1 aliphatic heterocycles. The zero-order chi connectivity index (χ0) is 19.6. The largest absolute Gasteiger partial charge is 0.305 e. The van der Waals surface area contributed by atoms with Crippen molar-refractivity contribution in [1.82, 2.24) is 15.0 Å². The van der Waals surface area contributed by atoms with E-state index in [9.17, 15) is 9.18 Å². The van der Waals surface area contributed by atoms with E-state index in [2.05, 4.69) is 16.9 Å². The summed E-state index contributed by atoms with van der Waals surface area (Å²) in [7, 11) is 0. The van der Waals surface area contributed by atoms with Crippen molar-refractivity contribution in [3.05, 3.63) is 60.3 Å². The van der Waals surface area contributed by atoms with Gasteiger partial charge in [0.15, 0.2) is 6.67 Å². The van der Waals surface area contributed by atoms with Crippen LogP contribution >= 0.6 is 0 Å². The lowest BCUT2D eigenvalue weighted by molar-refractivity contribution is -0.119. The van der Waals surface area contributed by atoms with Crippen LogP contribution < -0.4 is 4.90 Å². The first-order valence-electron chi connectivity index (χ1n) is 8.93. The number of aromatic nitrogens is 3. The van der Waals surface area contributed by atoms with Crippen molar-refractivity contribution < 1.29 is 9.18 Å². The van der Waals surface area contributed by atoms with Gasteiger partial charge in [0.1, 0.15) is 5.69 Å². The summed E-state index contributed by atoms with van der Waals surface area (Å²) < 4.78 is 15.2. The molecule has 0 radical (unpaired) electrons. The van der Waals surface area contributed by atoms with E-state index < -0.39 is 12.6 Å². The number of benzene rings is 1. The number of hydrogen-bond acceptors (Lipinski definition) is 3. The maximum Gasteiger partial charge on any atom is 0.258 e. The Labute approximate surface area is 158 Å². The highest BCUT2D eigenvalue weighted by Gasteiger charge is 2.29. The first-order valence-corrected chi connectivity index (χ1v) is 8.93. The van der Waals surface area contributed by atoms with Crippen molar-refractivity contribution in [3.63, 3.8) is 0 Å². The Morgan fingerprint density at radius 2 is 2.11 bits per heavy atom. The van der Waals surface area contributed by atoms with Gasteiger partial charge in [0.05, 0.1) is 17.9 Å². The van der Waals surface area contributed by atoms with E-state index in [4.69, 9.17) is 0 Å². The SMILES string of the molecule is C=C/C1=C(\C=C/C)c2c(nnn2C(C)C)-c2ccccc2N(C(=O)CF)C1. The minimum atomic E-state index is -1.07. The van der Waals surface area contributed by atoms with E-state index in [1.54, 1.807) is 6.08 Å². The third kappa shape index (κ3) is 3.23. The standard InChI is InChI=1S/C21H23FN4O/c1-5-9-16-15(6-2)13-25(19(27)12-22)18-11-8-7-10-17(18)20-21(16)26(14(3)4)24-23-20/h5-11,14H,2,12-13H2,1,3-4H3/b9-5-,16-15-. The summed E-state index contributed by atoms with van der Waals surface area (Å²) in [6.45, 7) is 9.09. The number of anilines is 1. The van der Waals surface area contributed by atoms with Crippen molar-refractivity contribution in [2.45, 2.75) is 26.8 Å². The van der Waals surface area contributed by atoms with Crippen LogP contribution in [0.4, 0.5) is 10.1 Å². The summed E-state index contributed by atoms with van der Waals surface area (Å²) in [4.78, 5) is 13.8. The summed E-state index contributed by atoms with van der Waals surface area (Å²) in [6, 6.07) is 7.50. The first-order chi connectivity index (χ1) is 13.0. The number of fused-ring (bicyclic) bond motifs is 3. The molecule has 0 N–H and O–H groups in total. The molecule has 3 rings (SSSR count). The van der Waals surface area contributed by atoms with E-state index in [1.165, 1.54) is 4.90 Å². The van der Waals surface area contributed by atoms with Gasteiger partial charge in [-0.3, -0.25) is 4.79 Å². The Morgan fingerprint density at radius 1 is 1.37 bits per heavy atom. The van der Waals surface area contributed by atoms with Gasteiger partial charge in [-0.1, -0.05) is 48.2 Å². The molecule has 27 heavy (non-hydrogen) atoms. The maximum absolute atomic E-state index is 13.3. The zero-order valence-electron chi connectivity index (χ0n) is 15.8. The highest BCUT2D eigenvalue weighted by atomic mass is 19.1. The number of rotatable bonds is 4. The summed E-state index contributed by atoms with van der Waals surface area (Å²) in [5.41, 5.74) is 4.62. The molecule has 0 aliphatic carbocycles. The fourth-order valence-electron chi connectivity index (χ4n) is 3.31. The molecule has 1 amide bonds. The molecule has 5 nitrogen and oxygen atoms in total. The molecule has 0 atom stereocenters. The Morgan fingerprint density at radius 3 is 2.74 bits per heavy atom. The molecule has 1 aromatic heterocycles. The molecular weight excluding hydrogens is 343 g/mol. The number of carbonyl (C=O) groups is 1. The van der Waals surface area contributed by atoms with E-state index in [0.717, 1.165) is 22.4 Å². The Bertz CT molecular complexity index is 939. The third-order valence-corrected chi connectivity index (χ3v) is 4.56. The van der Waals surface area contributed by atoms with Crippen LogP contribution in [0.2, 0.25) is 0 Å². The van der Waals surface area contributed by atoms with Crippen molar-refractivity contribution in [2.75, 3.05) is 18.1 Å². The molecule has 0 fully saturated rings. The van der Waals surface area contributed by atoms with Gasteiger partial charge in [0, 0.05) is 17.2 Å². The second-order valence-corrected chi connectivity index (χ2v) is 6.60. The molecule has 0 unspecified atom stereocenters. The summed E-state index contributed by atoms with van der Waals surface area (Å²) in [6.07, 6.45) is 5.60. The average Bonchev–Trinajstić information content (AvgIpc) is 3.10. The average molecular weight is 366 g/mol. The minimum Gasteiger partial charge on any atom is -0.305 e. The Hall–Kier alpha value is -3.02. The van der Waals surface area contributed by atoms with E-state index in [1.807, 2.05) is 61.9 Å². The number of amides is 1. The van der Waals surface area contributed by atoms with Crippen molar-refractivity contribution in [1.29, 1.82) is 0 Å². The first kappa shape index (κ1) is 18.8. The minimum absolute atomic E-state index is 0.0998. The van der Waals surface area contributed by atoms with Crippen LogP contribution in [0.1, 0.15) is 32.5 Å². The van der Waals surface area contributed by atoms with Gasteiger partial charge < -0.3 is 4.90 Å². The third-order valence-electron chi connectivity index (χ3n) is 4.56. The predicted molar refractivity (Wildman–Crippen MR) is 106 cm³/mol. The maximum atomic E-state index is 13.3. The van der Waals surface area contributed by atoms with Crippen LogP contribution in [0.15, 0.2) is 54.6 Å². The number of nitrogens with zero attached hydrogens (tertiary/aromatic N) is 4. The number of allylic oxidation sites excluding steroid dienone is 3. The topological polar surface area (TPSA) is 51.0 Å². The van der Waals surface area contributed by atoms with Crippen LogP contribution in [-0.4, -0.2) is 34.1 Å². The lowest BCUT2D eigenvalue weighted by Crippen LogP contribution is -2.35. The fourth-order valence-corrected chi connectivity index (χ4v) is 3.31. The highest BCUT2D eigenvalue weighted by Crippen LogP contribution is 2.39. The molecule has 0 spiro atoms. The number of halogens is 1. The van der Waals surface area contributed by atoms with Gasteiger partial charge in [0.25, 0.3) is 5.91 Å². The predicted octanol–water partition coefficient (Wildman–Crippen LogP) is 4.36. The summed E-state index contributed by atoms with van der Waals surface area (Å²) in [5, 5.41) is 8.78. The van der Waals surface area contributed by atoms with Gasteiger partial charge >= 0.3 is 0 Å². The molecule has 0 saturated heterocycles. The molecule has 6 heteroatoms. The second-order valence-electron chi connectivity index (χ2n) is 6.60. The van der Waals surface area contributed by atoms with Crippen LogP contribution in [0.25, 0.3) is 16.8 Å². The van der Waals surface area contributed by atoms with Crippen LogP contribution in [0, 0.1) is 0 Å². The van der Waals surface area contributed by atoms with Gasteiger partial charge in [-0.25, -0.2) is 9.07 Å². The molecule has 1 aliphatic rings. The van der Waals surface area contributed by atoms with E-state index in [-0.39, 0.29) is 12.6 Å². The normalized spacial score (nSPS) is 16.9. The number of alkyl halides is 1. The van der Waals surface area contributed by atoms with Gasteiger partial charge in [-0.15, -0.1) is 5.10 Å². The lowest BCUT2D eigenvalue weighted by Gasteiger charge is -2.28. The monoisotopic (exact) mass is 366 g/mol. The Balaban J connectivity index is 2.42. The summed E-state index contributed by atoms with van der Waals surface area (Å²) in [5.74, 6) is -0.596. The van der Waals surface area contributed by atoms with Gasteiger partial charge in [0.2, 0.25) is 0 Å². The Kier molecular flexibility index (Phi) is 5.35. The lowest BCUT2D eigenvalue weighted by atomic mass is 9.95. The van der Waals surface area contributed by atoms with Gasteiger partial charge in [-0.05, 0) is 32.4 Å². The summed E-state index contributed by atoms with van der Waals surface area (Å²) >= 11 is 0. The molecular formula is C21H23FN4O. The van der Waals surface area contributed by atoms with E-state index >= 15 is 0 Å². The zero-order valence-corrected chi connectivity index (χ0v) is 15.8. The van der Waals surface area contributed by atoms with Crippen molar-refractivity contribution in [3.8, 4) is 11.3 Å². The molecule has 140 valence electrons. The molecule has 2 heterocycles. The second kappa shape index (κ2) is 7.70. The smallest absolute Gasteiger partial charge is 0.258 e.